The van der Waals surface area contributed by atoms with Crippen molar-refractivity contribution < 1.29 is 14.3 Å². The molecule has 2 aromatic carbocycles. The van der Waals surface area contributed by atoms with Gasteiger partial charge in [-0.2, -0.15) is 5.10 Å². The number of methoxy groups -OCH3 is 1. The van der Waals surface area contributed by atoms with Crippen molar-refractivity contribution in [2.45, 2.75) is 13.0 Å². The number of amides is 1. The van der Waals surface area contributed by atoms with Crippen LogP contribution in [0.4, 0.5) is 5.82 Å². The van der Waals surface area contributed by atoms with E-state index in [9.17, 15) is 4.79 Å². The van der Waals surface area contributed by atoms with E-state index in [1.165, 1.54) is 11.9 Å². The van der Waals surface area contributed by atoms with E-state index < -0.39 is 0 Å². The zero-order chi connectivity index (χ0) is 22.9. The number of nitrogens with one attached hydrogen (secondary N) is 2. The first-order valence-corrected chi connectivity index (χ1v) is 10.7. The standard InChI is InChI=1S/C24H26N6O3/c1-32-19-8-5-9-20(14-19)33-16-22(31)25-12-13-30-24-21(15-29-30)23(27-17-28-24)26-11-10-18-6-3-2-4-7-18/h2-9,14-15,17H,10-13,16H2,1H3,(H,25,31)(H,26,27,28). The number of benzene rings is 2. The lowest BCUT2D eigenvalue weighted by atomic mass is 10.1. The van der Waals surface area contributed by atoms with Gasteiger partial charge in [0.15, 0.2) is 12.3 Å². The van der Waals surface area contributed by atoms with Gasteiger partial charge in [0.25, 0.3) is 5.91 Å². The van der Waals surface area contributed by atoms with Crippen molar-refractivity contribution in [3.05, 3.63) is 72.7 Å². The molecule has 4 rings (SSSR count). The minimum Gasteiger partial charge on any atom is -0.497 e. The number of nitrogens with zero attached hydrogens (tertiary/aromatic N) is 4. The lowest BCUT2D eigenvalue weighted by Crippen LogP contribution is -2.31. The summed E-state index contributed by atoms with van der Waals surface area (Å²) >= 11 is 0. The Morgan fingerprint density at radius 1 is 1.03 bits per heavy atom. The Bertz CT molecular complexity index is 1200. The SMILES string of the molecule is COc1cccc(OCC(=O)NCCn2ncc3c(NCCc4ccccc4)ncnc32)c1. The third kappa shape index (κ3) is 5.97. The molecular weight excluding hydrogens is 420 g/mol. The topological polar surface area (TPSA) is 103 Å². The van der Waals surface area contributed by atoms with Crippen LogP contribution in [-0.4, -0.2) is 52.5 Å². The second-order valence-corrected chi connectivity index (χ2v) is 7.31. The summed E-state index contributed by atoms with van der Waals surface area (Å²) in [6.07, 6.45) is 4.16. The maximum atomic E-state index is 12.1. The summed E-state index contributed by atoms with van der Waals surface area (Å²) in [5, 5.41) is 11.5. The third-order valence-electron chi connectivity index (χ3n) is 5.04. The number of hydrogen-bond acceptors (Lipinski definition) is 7. The van der Waals surface area contributed by atoms with Crippen LogP contribution in [0.1, 0.15) is 5.56 Å². The molecule has 0 saturated heterocycles. The first kappa shape index (κ1) is 22.1. The molecule has 0 fully saturated rings. The van der Waals surface area contributed by atoms with E-state index in [-0.39, 0.29) is 12.5 Å². The van der Waals surface area contributed by atoms with Gasteiger partial charge in [-0.05, 0) is 24.1 Å². The lowest BCUT2D eigenvalue weighted by molar-refractivity contribution is -0.123. The average Bonchev–Trinajstić information content (AvgIpc) is 3.27. The smallest absolute Gasteiger partial charge is 0.258 e. The number of hydrogen-bond donors (Lipinski definition) is 2. The lowest BCUT2D eigenvalue weighted by Gasteiger charge is -2.09. The predicted molar refractivity (Wildman–Crippen MR) is 125 cm³/mol. The van der Waals surface area contributed by atoms with Gasteiger partial charge in [-0.1, -0.05) is 36.4 Å². The van der Waals surface area contributed by atoms with Crippen molar-refractivity contribution in [2.75, 3.05) is 32.1 Å². The monoisotopic (exact) mass is 446 g/mol. The molecule has 9 heteroatoms. The number of ether oxygens (including phenoxy) is 2. The van der Waals surface area contributed by atoms with Gasteiger partial charge in [0, 0.05) is 19.2 Å². The van der Waals surface area contributed by atoms with Crippen molar-refractivity contribution in [1.82, 2.24) is 25.1 Å². The summed E-state index contributed by atoms with van der Waals surface area (Å²) in [7, 11) is 1.58. The number of anilines is 1. The van der Waals surface area contributed by atoms with Crippen LogP contribution >= 0.6 is 0 Å². The molecule has 0 atom stereocenters. The van der Waals surface area contributed by atoms with Crippen LogP contribution in [0, 0.1) is 0 Å². The summed E-state index contributed by atoms with van der Waals surface area (Å²) in [4.78, 5) is 20.8. The van der Waals surface area contributed by atoms with Crippen molar-refractivity contribution in [2.24, 2.45) is 0 Å². The largest absolute Gasteiger partial charge is 0.497 e. The first-order chi connectivity index (χ1) is 16.2. The number of rotatable bonds is 11. The number of carbonyl (C=O) groups excluding carboxylic acids is 1. The molecule has 0 aliphatic rings. The Labute approximate surface area is 191 Å². The van der Waals surface area contributed by atoms with E-state index in [0.717, 1.165) is 24.2 Å². The van der Waals surface area contributed by atoms with Crippen LogP contribution < -0.4 is 20.1 Å². The summed E-state index contributed by atoms with van der Waals surface area (Å²) in [6, 6.07) is 17.4. The Balaban J connectivity index is 1.26. The minimum absolute atomic E-state index is 0.0787. The molecule has 33 heavy (non-hydrogen) atoms. The summed E-state index contributed by atoms with van der Waals surface area (Å²) in [6.45, 7) is 1.56. The van der Waals surface area contributed by atoms with Gasteiger partial charge < -0.3 is 20.1 Å². The van der Waals surface area contributed by atoms with E-state index in [0.29, 0.717) is 30.2 Å². The second kappa shape index (κ2) is 10.9. The molecular formula is C24H26N6O3. The zero-order valence-corrected chi connectivity index (χ0v) is 18.4. The van der Waals surface area contributed by atoms with Gasteiger partial charge in [-0.3, -0.25) is 4.79 Å². The highest BCUT2D eigenvalue weighted by Crippen LogP contribution is 2.19. The van der Waals surface area contributed by atoms with Gasteiger partial charge in [0.1, 0.15) is 23.6 Å². The van der Waals surface area contributed by atoms with E-state index in [4.69, 9.17) is 9.47 Å². The van der Waals surface area contributed by atoms with Crippen LogP contribution in [0.2, 0.25) is 0 Å². The number of fused-ring (bicyclic) bond motifs is 1. The fraction of sp³-hybridized carbons (Fsp3) is 0.250. The Morgan fingerprint density at radius 2 is 1.88 bits per heavy atom. The van der Waals surface area contributed by atoms with E-state index in [2.05, 4.69) is 37.8 Å². The maximum absolute atomic E-state index is 12.1. The molecule has 4 aromatic rings. The maximum Gasteiger partial charge on any atom is 0.258 e. The van der Waals surface area contributed by atoms with Crippen LogP contribution in [0.3, 0.4) is 0 Å². The molecule has 0 bridgehead atoms. The quantitative estimate of drug-likeness (QED) is 0.365. The molecule has 170 valence electrons. The van der Waals surface area contributed by atoms with Crippen LogP contribution in [0.15, 0.2) is 67.1 Å². The molecule has 0 unspecified atom stereocenters. The Morgan fingerprint density at radius 3 is 2.73 bits per heavy atom. The van der Waals surface area contributed by atoms with E-state index in [1.54, 1.807) is 30.1 Å². The third-order valence-corrected chi connectivity index (χ3v) is 5.04. The van der Waals surface area contributed by atoms with Crippen molar-refractivity contribution in [3.63, 3.8) is 0 Å². The van der Waals surface area contributed by atoms with Crippen molar-refractivity contribution >= 4 is 22.8 Å². The highest BCUT2D eigenvalue weighted by atomic mass is 16.5. The van der Waals surface area contributed by atoms with Gasteiger partial charge in [-0.25, -0.2) is 14.6 Å². The molecule has 1 amide bonds. The summed E-state index contributed by atoms with van der Waals surface area (Å²) < 4.78 is 12.4. The molecule has 0 saturated carbocycles. The molecule has 2 aromatic heterocycles. The van der Waals surface area contributed by atoms with Crippen LogP contribution in [0.25, 0.3) is 11.0 Å². The fourth-order valence-corrected chi connectivity index (χ4v) is 3.36. The molecule has 2 N–H and O–H groups in total. The predicted octanol–water partition coefficient (Wildman–Crippen LogP) is 2.68. The summed E-state index contributed by atoms with van der Waals surface area (Å²) in [5.74, 6) is 1.78. The minimum atomic E-state index is -0.216. The van der Waals surface area contributed by atoms with E-state index in [1.807, 2.05) is 30.3 Å². The molecule has 9 nitrogen and oxygen atoms in total. The van der Waals surface area contributed by atoms with Crippen molar-refractivity contribution in [3.8, 4) is 11.5 Å². The fourth-order valence-electron chi connectivity index (χ4n) is 3.36. The van der Waals surface area contributed by atoms with Gasteiger partial charge in [-0.15, -0.1) is 0 Å². The van der Waals surface area contributed by atoms with Crippen LogP contribution in [-0.2, 0) is 17.8 Å². The molecule has 0 aliphatic carbocycles. The first-order valence-electron chi connectivity index (χ1n) is 10.7. The Hall–Kier alpha value is -4.14. The number of carbonyl (C=O) groups is 1. The molecule has 2 heterocycles. The number of aromatic nitrogens is 4. The van der Waals surface area contributed by atoms with Crippen LogP contribution in [0.5, 0.6) is 11.5 Å². The normalized spacial score (nSPS) is 10.7. The zero-order valence-electron chi connectivity index (χ0n) is 18.4. The van der Waals surface area contributed by atoms with Gasteiger partial charge in [0.2, 0.25) is 0 Å². The van der Waals surface area contributed by atoms with Gasteiger partial charge in [0.05, 0.1) is 25.2 Å². The highest BCUT2D eigenvalue weighted by Gasteiger charge is 2.10. The second-order valence-electron chi connectivity index (χ2n) is 7.31. The van der Waals surface area contributed by atoms with Gasteiger partial charge >= 0.3 is 0 Å². The molecule has 0 radical (unpaired) electrons. The van der Waals surface area contributed by atoms with E-state index >= 15 is 0 Å². The average molecular weight is 447 g/mol. The van der Waals surface area contributed by atoms with Crippen molar-refractivity contribution in [1.29, 1.82) is 0 Å². The molecule has 0 aliphatic heterocycles. The Kier molecular flexibility index (Phi) is 7.32. The summed E-state index contributed by atoms with van der Waals surface area (Å²) in [5.41, 5.74) is 1.98. The highest BCUT2D eigenvalue weighted by molar-refractivity contribution is 5.86. The molecule has 0 spiro atoms.